The van der Waals surface area contributed by atoms with E-state index in [0.29, 0.717) is 11.4 Å². The van der Waals surface area contributed by atoms with E-state index in [4.69, 9.17) is 5.73 Å². The van der Waals surface area contributed by atoms with Crippen molar-refractivity contribution in [3.05, 3.63) is 64.8 Å². The fourth-order valence-electron chi connectivity index (χ4n) is 2.17. The summed E-state index contributed by atoms with van der Waals surface area (Å²) in [5, 5.41) is 15.0. The third-order valence-corrected chi connectivity index (χ3v) is 3.06. The van der Waals surface area contributed by atoms with Gasteiger partial charge in [-0.1, -0.05) is 18.2 Å². The quantitative estimate of drug-likeness (QED) is 0.435. The summed E-state index contributed by atoms with van der Waals surface area (Å²) in [5.74, 6) is 0. The van der Waals surface area contributed by atoms with E-state index in [1.165, 1.54) is 12.1 Å². The second-order valence-electron chi connectivity index (χ2n) is 4.58. The molecular weight excluding hydrogens is 268 g/mol. The predicted octanol–water partition coefficient (Wildman–Crippen LogP) is 3.47. The summed E-state index contributed by atoms with van der Waals surface area (Å²) in [7, 11) is 0. The maximum atomic E-state index is 10.9. The highest BCUT2D eigenvalue weighted by Gasteiger charge is 2.09. The van der Waals surface area contributed by atoms with Crippen LogP contribution in [0.3, 0.4) is 0 Å². The molecule has 0 saturated carbocycles. The molecule has 0 radical (unpaired) electrons. The van der Waals surface area contributed by atoms with Gasteiger partial charge in [-0.2, -0.15) is 0 Å². The van der Waals surface area contributed by atoms with Gasteiger partial charge in [0.25, 0.3) is 5.69 Å². The summed E-state index contributed by atoms with van der Waals surface area (Å²) in [6.45, 7) is 0. The monoisotopic (exact) mass is 280 g/mol. The third-order valence-electron chi connectivity index (χ3n) is 3.06. The van der Waals surface area contributed by atoms with Gasteiger partial charge in [0.15, 0.2) is 0 Å². The van der Waals surface area contributed by atoms with E-state index < -0.39 is 4.92 Å². The van der Waals surface area contributed by atoms with Crippen molar-refractivity contribution in [3.8, 4) is 0 Å². The standard InChI is InChI=1S/C15H12N4O2/c16-11-7-12(9-13(8-11)19(20)21)18-14-5-1-3-10-4-2-6-17-15(10)14/h1-9,18H,16H2. The molecule has 21 heavy (non-hydrogen) atoms. The lowest BCUT2D eigenvalue weighted by Gasteiger charge is -2.09. The van der Waals surface area contributed by atoms with Crippen molar-refractivity contribution in [1.82, 2.24) is 4.98 Å². The van der Waals surface area contributed by atoms with E-state index in [0.717, 1.165) is 16.6 Å². The van der Waals surface area contributed by atoms with E-state index in [2.05, 4.69) is 10.3 Å². The maximum Gasteiger partial charge on any atom is 0.273 e. The van der Waals surface area contributed by atoms with Gasteiger partial charge in [-0.15, -0.1) is 0 Å². The minimum Gasteiger partial charge on any atom is -0.398 e. The number of fused-ring (bicyclic) bond motifs is 1. The molecule has 0 unspecified atom stereocenters. The fraction of sp³-hybridized carbons (Fsp3) is 0. The first-order valence-corrected chi connectivity index (χ1v) is 6.29. The molecule has 0 aliphatic rings. The Bertz CT molecular complexity index is 828. The van der Waals surface area contributed by atoms with E-state index in [1.807, 2.05) is 30.3 Å². The van der Waals surface area contributed by atoms with E-state index in [1.54, 1.807) is 12.3 Å². The van der Waals surface area contributed by atoms with Crippen LogP contribution in [0.2, 0.25) is 0 Å². The summed E-state index contributed by atoms with van der Waals surface area (Å²) in [5.41, 5.74) is 8.11. The first-order valence-electron chi connectivity index (χ1n) is 6.29. The number of benzene rings is 2. The number of hydrogen-bond donors (Lipinski definition) is 2. The molecule has 3 aromatic rings. The molecule has 0 aliphatic heterocycles. The number of nitrogens with one attached hydrogen (secondary N) is 1. The lowest BCUT2D eigenvalue weighted by atomic mass is 10.2. The van der Waals surface area contributed by atoms with Gasteiger partial charge in [0.1, 0.15) is 0 Å². The summed E-state index contributed by atoms with van der Waals surface area (Å²) < 4.78 is 0. The predicted molar refractivity (Wildman–Crippen MR) is 82.5 cm³/mol. The highest BCUT2D eigenvalue weighted by atomic mass is 16.6. The van der Waals surface area contributed by atoms with Crippen molar-refractivity contribution in [2.75, 3.05) is 11.1 Å². The number of nitrogens with two attached hydrogens (primary N) is 1. The number of aromatic nitrogens is 1. The number of para-hydroxylation sites is 1. The van der Waals surface area contributed by atoms with Crippen molar-refractivity contribution in [2.45, 2.75) is 0 Å². The molecule has 3 rings (SSSR count). The number of anilines is 3. The molecule has 2 aromatic carbocycles. The van der Waals surface area contributed by atoms with Crippen molar-refractivity contribution in [2.24, 2.45) is 0 Å². The minimum absolute atomic E-state index is 0.0503. The molecule has 104 valence electrons. The molecule has 0 bridgehead atoms. The van der Waals surface area contributed by atoms with Crippen LogP contribution in [-0.2, 0) is 0 Å². The average molecular weight is 280 g/mol. The van der Waals surface area contributed by atoms with Gasteiger partial charge in [0.05, 0.1) is 16.1 Å². The first-order chi connectivity index (χ1) is 10.1. The van der Waals surface area contributed by atoms with E-state index in [9.17, 15) is 10.1 Å². The number of hydrogen-bond acceptors (Lipinski definition) is 5. The van der Waals surface area contributed by atoms with E-state index >= 15 is 0 Å². The van der Waals surface area contributed by atoms with Crippen molar-refractivity contribution in [3.63, 3.8) is 0 Å². The van der Waals surface area contributed by atoms with E-state index in [-0.39, 0.29) is 5.69 Å². The second-order valence-corrected chi connectivity index (χ2v) is 4.58. The van der Waals surface area contributed by atoms with Crippen LogP contribution in [-0.4, -0.2) is 9.91 Å². The number of nitrogen functional groups attached to an aromatic ring is 1. The molecule has 3 N–H and O–H groups in total. The third kappa shape index (κ3) is 2.59. The molecule has 0 atom stereocenters. The smallest absolute Gasteiger partial charge is 0.273 e. The van der Waals surface area contributed by atoms with Crippen LogP contribution < -0.4 is 11.1 Å². The number of nitro groups is 1. The van der Waals surface area contributed by atoms with Crippen LogP contribution in [0.1, 0.15) is 0 Å². The molecule has 0 fully saturated rings. The van der Waals surface area contributed by atoms with Crippen molar-refractivity contribution >= 4 is 33.7 Å². The normalized spacial score (nSPS) is 10.5. The molecular formula is C15H12N4O2. The van der Waals surface area contributed by atoms with Gasteiger partial charge < -0.3 is 11.1 Å². The molecule has 6 heteroatoms. The van der Waals surface area contributed by atoms with Gasteiger partial charge >= 0.3 is 0 Å². The lowest BCUT2D eigenvalue weighted by molar-refractivity contribution is -0.384. The fourth-order valence-corrected chi connectivity index (χ4v) is 2.17. The Morgan fingerprint density at radius 3 is 2.76 bits per heavy atom. The topological polar surface area (TPSA) is 94.1 Å². The Labute approximate surface area is 120 Å². The van der Waals surface area contributed by atoms with Crippen LogP contribution in [0.15, 0.2) is 54.7 Å². The Kier molecular flexibility index (Phi) is 3.12. The number of nitro benzene ring substituents is 1. The maximum absolute atomic E-state index is 10.9. The SMILES string of the molecule is Nc1cc(Nc2cccc3cccnc23)cc([N+](=O)[O-])c1. The second kappa shape index (κ2) is 5.09. The summed E-state index contributed by atoms with van der Waals surface area (Å²) in [6, 6.07) is 13.9. The van der Waals surface area contributed by atoms with Gasteiger partial charge in [0, 0.05) is 35.1 Å². The van der Waals surface area contributed by atoms with Gasteiger partial charge in [-0.25, -0.2) is 0 Å². The highest BCUT2D eigenvalue weighted by molar-refractivity contribution is 5.92. The summed E-state index contributed by atoms with van der Waals surface area (Å²) in [6.07, 6.45) is 1.70. The zero-order valence-corrected chi connectivity index (χ0v) is 11.0. The molecule has 1 aromatic heterocycles. The van der Waals surface area contributed by atoms with Gasteiger partial charge in [-0.3, -0.25) is 15.1 Å². The number of nitrogens with zero attached hydrogens (tertiary/aromatic N) is 2. The Morgan fingerprint density at radius 1 is 1.14 bits per heavy atom. The first kappa shape index (κ1) is 12.9. The van der Waals surface area contributed by atoms with Crippen LogP contribution >= 0.6 is 0 Å². The Balaban J connectivity index is 2.05. The summed E-state index contributed by atoms with van der Waals surface area (Å²) in [4.78, 5) is 14.7. The highest BCUT2D eigenvalue weighted by Crippen LogP contribution is 2.28. The number of non-ortho nitro benzene ring substituents is 1. The van der Waals surface area contributed by atoms with Crippen LogP contribution in [0.25, 0.3) is 10.9 Å². The Morgan fingerprint density at radius 2 is 1.95 bits per heavy atom. The largest absolute Gasteiger partial charge is 0.398 e. The van der Waals surface area contributed by atoms with Crippen molar-refractivity contribution < 1.29 is 4.92 Å². The molecule has 0 aliphatic carbocycles. The van der Waals surface area contributed by atoms with Crippen LogP contribution in [0.5, 0.6) is 0 Å². The average Bonchev–Trinajstić information content (AvgIpc) is 2.47. The molecule has 1 heterocycles. The number of rotatable bonds is 3. The zero-order chi connectivity index (χ0) is 14.8. The molecule has 6 nitrogen and oxygen atoms in total. The van der Waals surface area contributed by atoms with Crippen LogP contribution in [0.4, 0.5) is 22.7 Å². The molecule has 0 spiro atoms. The zero-order valence-electron chi connectivity index (χ0n) is 11.0. The Hall–Kier alpha value is -3.15. The van der Waals surface area contributed by atoms with Crippen molar-refractivity contribution in [1.29, 1.82) is 0 Å². The van der Waals surface area contributed by atoms with Gasteiger partial charge in [-0.05, 0) is 18.2 Å². The number of pyridine rings is 1. The lowest BCUT2D eigenvalue weighted by Crippen LogP contribution is -1.97. The van der Waals surface area contributed by atoms with Crippen LogP contribution in [0, 0.1) is 10.1 Å². The molecule has 0 saturated heterocycles. The van der Waals surface area contributed by atoms with Gasteiger partial charge in [0.2, 0.25) is 0 Å². The summed E-state index contributed by atoms with van der Waals surface area (Å²) >= 11 is 0. The molecule has 0 amide bonds. The minimum atomic E-state index is -0.469.